The van der Waals surface area contributed by atoms with E-state index in [9.17, 15) is 15.0 Å². The maximum Gasteiger partial charge on any atom is 0.407 e. The predicted molar refractivity (Wildman–Crippen MR) is 91.2 cm³/mol. The van der Waals surface area contributed by atoms with Gasteiger partial charge in [0.25, 0.3) is 0 Å². The SMILES string of the molecule is N#Cc1cc(C(O)C(O)CNC(=O)OCc2ccccc2)ccc1N. The minimum atomic E-state index is -1.28. The molecule has 0 fully saturated rings. The molecule has 0 aliphatic carbocycles. The van der Waals surface area contributed by atoms with E-state index in [1.165, 1.54) is 18.2 Å². The first kappa shape index (κ1) is 18.3. The van der Waals surface area contributed by atoms with E-state index in [2.05, 4.69) is 5.32 Å². The lowest BCUT2D eigenvalue weighted by Crippen LogP contribution is -2.35. The van der Waals surface area contributed by atoms with Gasteiger partial charge in [-0.2, -0.15) is 5.26 Å². The molecule has 0 saturated heterocycles. The summed E-state index contributed by atoms with van der Waals surface area (Å²) >= 11 is 0. The second-order valence-electron chi connectivity index (χ2n) is 5.41. The van der Waals surface area contributed by atoms with E-state index in [-0.39, 0.29) is 24.4 Å². The molecule has 7 nitrogen and oxygen atoms in total. The highest BCUT2D eigenvalue weighted by Crippen LogP contribution is 2.21. The summed E-state index contributed by atoms with van der Waals surface area (Å²) in [5.41, 5.74) is 7.28. The number of carbonyl (C=O) groups excluding carboxylic acids is 1. The van der Waals surface area contributed by atoms with Gasteiger partial charge in [0.05, 0.1) is 5.56 Å². The van der Waals surface area contributed by atoms with Crippen LogP contribution in [-0.4, -0.2) is 29.0 Å². The monoisotopic (exact) mass is 341 g/mol. The molecule has 7 heteroatoms. The third-order valence-corrected chi connectivity index (χ3v) is 3.57. The summed E-state index contributed by atoms with van der Waals surface area (Å²) in [7, 11) is 0. The molecular formula is C18H19N3O4. The zero-order valence-corrected chi connectivity index (χ0v) is 13.4. The lowest BCUT2D eigenvalue weighted by atomic mass is 10.0. The van der Waals surface area contributed by atoms with Gasteiger partial charge in [-0.3, -0.25) is 0 Å². The number of benzene rings is 2. The van der Waals surface area contributed by atoms with E-state index in [0.29, 0.717) is 5.56 Å². The van der Waals surface area contributed by atoms with Crippen LogP contribution in [0.5, 0.6) is 0 Å². The number of carbonyl (C=O) groups is 1. The fraction of sp³-hybridized carbons (Fsp3) is 0.222. The molecule has 5 N–H and O–H groups in total. The number of nitrogens with zero attached hydrogens (tertiary/aromatic N) is 1. The van der Waals surface area contributed by atoms with Crippen molar-refractivity contribution in [3.05, 3.63) is 65.2 Å². The Labute approximate surface area is 145 Å². The molecule has 0 radical (unpaired) electrons. The molecule has 0 saturated carbocycles. The number of nitrogens with one attached hydrogen (secondary N) is 1. The quantitative estimate of drug-likeness (QED) is 0.589. The van der Waals surface area contributed by atoms with Crippen LogP contribution in [0.4, 0.5) is 10.5 Å². The lowest BCUT2D eigenvalue weighted by Gasteiger charge is -2.19. The summed E-state index contributed by atoms with van der Waals surface area (Å²) in [6.07, 6.45) is -3.24. The second kappa shape index (κ2) is 8.68. The van der Waals surface area contributed by atoms with Crippen molar-refractivity contribution in [2.45, 2.75) is 18.8 Å². The highest BCUT2D eigenvalue weighted by molar-refractivity contribution is 5.67. The molecule has 0 heterocycles. The number of hydrogen-bond acceptors (Lipinski definition) is 6. The fourth-order valence-electron chi connectivity index (χ4n) is 2.15. The number of hydrogen-bond donors (Lipinski definition) is 4. The Hall–Kier alpha value is -3.08. The van der Waals surface area contributed by atoms with E-state index in [4.69, 9.17) is 15.7 Å². The number of alkyl carbamates (subject to hydrolysis) is 1. The molecule has 2 aromatic rings. The van der Waals surface area contributed by atoms with Crippen LogP contribution in [0.1, 0.15) is 22.8 Å². The Balaban J connectivity index is 1.83. The molecule has 0 spiro atoms. The van der Waals surface area contributed by atoms with Crippen molar-refractivity contribution in [3.63, 3.8) is 0 Å². The van der Waals surface area contributed by atoms with Crippen LogP contribution >= 0.6 is 0 Å². The minimum Gasteiger partial charge on any atom is -0.445 e. The van der Waals surface area contributed by atoms with E-state index in [1.54, 1.807) is 0 Å². The average Bonchev–Trinajstić information content (AvgIpc) is 2.65. The summed E-state index contributed by atoms with van der Waals surface area (Å²) in [5, 5.41) is 31.5. The number of nitrogens with two attached hydrogens (primary N) is 1. The molecular weight excluding hydrogens is 322 g/mol. The molecule has 0 bridgehead atoms. The Morgan fingerprint density at radius 3 is 2.64 bits per heavy atom. The van der Waals surface area contributed by atoms with Crippen molar-refractivity contribution in [2.24, 2.45) is 0 Å². The summed E-state index contributed by atoms with van der Waals surface area (Å²) in [4.78, 5) is 11.6. The van der Waals surface area contributed by atoms with Gasteiger partial charge in [-0.1, -0.05) is 36.4 Å². The minimum absolute atomic E-state index is 0.106. The molecule has 0 aromatic heterocycles. The van der Waals surface area contributed by atoms with Crippen LogP contribution in [0.25, 0.3) is 0 Å². The second-order valence-corrected chi connectivity index (χ2v) is 5.41. The van der Waals surface area contributed by atoms with Gasteiger partial charge in [0, 0.05) is 12.2 Å². The van der Waals surface area contributed by atoms with Gasteiger partial charge in [-0.25, -0.2) is 4.79 Å². The number of rotatable bonds is 6. The number of nitrogen functional groups attached to an aromatic ring is 1. The summed E-state index contributed by atoms with van der Waals surface area (Å²) in [5.74, 6) is 0. The number of nitriles is 1. The highest BCUT2D eigenvalue weighted by Gasteiger charge is 2.20. The molecule has 2 aromatic carbocycles. The van der Waals surface area contributed by atoms with Crippen molar-refractivity contribution in [3.8, 4) is 6.07 Å². The van der Waals surface area contributed by atoms with Crippen molar-refractivity contribution in [1.82, 2.24) is 5.32 Å². The largest absolute Gasteiger partial charge is 0.445 e. The third kappa shape index (κ3) is 5.21. The Kier molecular flexibility index (Phi) is 6.34. The summed E-state index contributed by atoms with van der Waals surface area (Å²) in [6.45, 7) is -0.101. The topological polar surface area (TPSA) is 129 Å². The van der Waals surface area contributed by atoms with Crippen LogP contribution in [0.3, 0.4) is 0 Å². The zero-order chi connectivity index (χ0) is 18.2. The standard InChI is InChI=1S/C18H19N3O4/c19-9-14-8-13(6-7-15(14)20)17(23)16(22)10-21-18(24)25-11-12-4-2-1-3-5-12/h1-8,16-17,22-23H,10-11,20H2,(H,21,24). The lowest BCUT2D eigenvalue weighted by molar-refractivity contribution is 0.0184. The number of aliphatic hydroxyl groups excluding tert-OH is 2. The van der Waals surface area contributed by atoms with Crippen LogP contribution in [0, 0.1) is 11.3 Å². The van der Waals surface area contributed by atoms with Gasteiger partial charge in [0.1, 0.15) is 24.9 Å². The highest BCUT2D eigenvalue weighted by atomic mass is 16.5. The first-order valence-electron chi connectivity index (χ1n) is 7.61. The van der Waals surface area contributed by atoms with E-state index < -0.39 is 18.3 Å². The summed E-state index contributed by atoms with van der Waals surface area (Å²) in [6, 6.07) is 15.5. The van der Waals surface area contributed by atoms with E-state index in [0.717, 1.165) is 5.56 Å². The first-order valence-corrected chi connectivity index (χ1v) is 7.61. The molecule has 2 unspecified atom stereocenters. The van der Waals surface area contributed by atoms with Gasteiger partial charge in [0.2, 0.25) is 0 Å². The maximum atomic E-state index is 11.6. The molecule has 2 atom stereocenters. The molecule has 25 heavy (non-hydrogen) atoms. The van der Waals surface area contributed by atoms with Crippen molar-refractivity contribution in [2.75, 3.05) is 12.3 Å². The third-order valence-electron chi connectivity index (χ3n) is 3.57. The van der Waals surface area contributed by atoms with E-state index in [1.807, 2.05) is 36.4 Å². The average molecular weight is 341 g/mol. The maximum absolute atomic E-state index is 11.6. The molecule has 1 amide bonds. The van der Waals surface area contributed by atoms with E-state index >= 15 is 0 Å². The van der Waals surface area contributed by atoms with Crippen molar-refractivity contribution < 1.29 is 19.7 Å². The van der Waals surface area contributed by atoms with Crippen LogP contribution in [0.15, 0.2) is 48.5 Å². The fourth-order valence-corrected chi connectivity index (χ4v) is 2.15. The zero-order valence-electron chi connectivity index (χ0n) is 13.4. The van der Waals surface area contributed by atoms with Crippen molar-refractivity contribution >= 4 is 11.8 Å². The molecule has 0 aliphatic rings. The predicted octanol–water partition coefficient (Wildman–Crippen LogP) is 1.46. The normalized spacial score (nSPS) is 12.7. The van der Waals surface area contributed by atoms with Crippen molar-refractivity contribution in [1.29, 1.82) is 5.26 Å². The Morgan fingerprint density at radius 1 is 1.24 bits per heavy atom. The number of amides is 1. The van der Waals surface area contributed by atoms with Gasteiger partial charge in [-0.05, 0) is 23.3 Å². The Bertz CT molecular complexity index is 759. The molecule has 2 rings (SSSR count). The van der Waals surface area contributed by atoms with Gasteiger partial charge < -0.3 is 26.0 Å². The van der Waals surface area contributed by atoms with Gasteiger partial charge >= 0.3 is 6.09 Å². The number of ether oxygens (including phenoxy) is 1. The van der Waals surface area contributed by atoms with Crippen LogP contribution in [0.2, 0.25) is 0 Å². The smallest absolute Gasteiger partial charge is 0.407 e. The molecule has 0 aliphatic heterocycles. The number of aliphatic hydroxyl groups is 2. The Morgan fingerprint density at radius 2 is 1.96 bits per heavy atom. The summed E-state index contributed by atoms with van der Waals surface area (Å²) < 4.78 is 5.01. The van der Waals surface area contributed by atoms with Gasteiger partial charge in [0.15, 0.2) is 0 Å². The molecule has 130 valence electrons. The van der Waals surface area contributed by atoms with Crippen LogP contribution < -0.4 is 11.1 Å². The first-order chi connectivity index (χ1) is 12.0. The van der Waals surface area contributed by atoms with Crippen LogP contribution in [-0.2, 0) is 11.3 Å². The number of anilines is 1. The van der Waals surface area contributed by atoms with Gasteiger partial charge in [-0.15, -0.1) is 0 Å².